The molecule has 0 aromatic carbocycles. The van der Waals surface area contributed by atoms with Gasteiger partial charge in [-0.25, -0.2) is 9.97 Å². The first-order valence-corrected chi connectivity index (χ1v) is 3.90. The molecule has 0 amide bonds. The highest BCUT2D eigenvalue weighted by atomic mass is 35.5. The number of hydrogen-bond acceptors (Lipinski definition) is 3. The molecule has 0 bridgehead atoms. The first-order valence-electron chi connectivity index (χ1n) is 3.52. The fraction of sp³-hybridized carbons (Fsp3) is 0. The fourth-order valence-electron chi connectivity index (χ4n) is 1.14. The van der Waals surface area contributed by atoms with Crippen LogP contribution in [0.15, 0.2) is 12.5 Å². The third-order valence-corrected chi connectivity index (χ3v) is 2.00. The molecule has 2 aromatic rings. The second-order valence-electron chi connectivity index (χ2n) is 2.50. The van der Waals surface area contributed by atoms with Crippen molar-refractivity contribution in [3.63, 3.8) is 0 Å². The SMILES string of the molecule is N=C(N)c1c[nH]c2ncnc(Cl)c12. The first kappa shape index (κ1) is 8.00. The molecule has 2 rings (SSSR count). The summed E-state index contributed by atoms with van der Waals surface area (Å²) in [5, 5.41) is 8.17. The molecule has 4 N–H and O–H groups in total. The Labute approximate surface area is 78.5 Å². The van der Waals surface area contributed by atoms with Crippen molar-refractivity contribution in [3.8, 4) is 0 Å². The van der Waals surface area contributed by atoms with Crippen LogP contribution in [0.5, 0.6) is 0 Å². The lowest BCUT2D eigenvalue weighted by Gasteiger charge is -1.95. The van der Waals surface area contributed by atoms with Crippen LogP contribution in [-0.4, -0.2) is 20.8 Å². The number of H-pyrrole nitrogens is 1. The van der Waals surface area contributed by atoms with Crippen LogP contribution in [0.1, 0.15) is 5.56 Å². The first-order chi connectivity index (χ1) is 6.20. The van der Waals surface area contributed by atoms with Crippen LogP contribution in [0.25, 0.3) is 11.0 Å². The van der Waals surface area contributed by atoms with E-state index in [2.05, 4.69) is 15.0 Å². The van der Waals surface area contributed by atoms with E-state index in [1.165, 1.54) is 6.33 Å². The Balaban J connectivity index is 2.86. The molecule has 0 saturated carbocycles. The van der Waals surface area contributed by atoms with E-state index >= 15 is 0 Å². The van der Waals surface area contributed by atoms with Crippen LogP contribution in [-0.2, 0) is 0 Å². The van der Waals surface area contributed by atoms with Crippen LogP contribution in [0.3, 0.4) is 0 Å². The summed E-state index contributed by atoms with van der Waals surface area (Å²) in [5.74, 6) is -0.0528. The molecule has 66 valence electrons. The number of aromatic amines is 1. The Kier molecular flexibility index (Phi) is 1.66. The van der Waals surface area contributed by atoms with Gasteiger partial charge in [0.1, 0.15) is 23.0 Å². The maximum atomic E-state index is 7.27. The zero-order chi connectivity index (χ0) is 9.42. The number of rotatable bonds is 1. The molecule has 0 radical (unpaired) electrons. The van der Waals surface area contributed by atoms with E-state index in [1.807, 2.05) is 0 Å². The van der Waals surface area contributed by atoms with Crippen LogP contribution < -0.4 is 5.73 Å². The molecule has 0 aliphatic heterocycles. The summed E-state index contributed by atoms with van der Waals surface area (Å²) in [7, 11) is 0. The van der Waals surface area contributed by atoms with Gasteiger partial charge in [0, 0.05) is 11.8 Å². The Hall–Kier alpha value is -1.62. The Bertz CT molecular complexity index is 475. The predicted octanol–water partition coefficient (Wildman–Crippen LogP) is 0.895. The van der Waals surface area contributed by atoms with Crippen molar-refractivity contribution in [2.24, 2.45) is 5.73 Å². The standard InChI is InChI=1S/C7H6ClN5/c8-5-4-3(6(9)10)1-11-7(4)13-2-12-5/h1-2H,(H3,9,10)(H,11,12,13). The number of nitrogen functional groups attached to an aromatic ring is 1. The Morgan fingerprint density at radius 3 is 3.00 bits per heavy atom. The smallest absolute Gasteiger partial charge is 0.142 e. The van der Waals surface area contributed by atoms with Gasteiger partial charge in [-0.1, -0.05) is 11.6 Å². The Morgan fingerprint density at radius 1 is 1.54 bits per heavy atom. The van der Waals surface area contributed by atoms with Crippen molar-refractivity contribution >= 4 is 28.5 Å². The van der Waals surface area contributed by atoms with Gasteiger partial charge in [0.2, 0.25) is 0 Å². The van der Waals surface area contributed by atoms with E-state index < -0.39 is 0 Å². The van der Waals surface area contributed by atoms with Crippen LogP contribution in [0.4, 0.5) is 0 Å². The number of hydrogen-bond donors (Lipinski definition) is 3. The summed E-state index contributed by atoms with van der Waals surface area (Å²) >= 11 is 5.82. The molecule has 13 heavy (non-hydrogen) atoms. The molecule has 2 heterocycles. The number of nitrogens with two attached hydrogens (primary N) is 1. The van der Waals surface area contributed by atoms with Crippen molar-refractivity contribution in [1.29, 1.82) is 5.41 Å². The second-order valence-corrected chi connectivity index (χ2v) is 2.86. The maximum absolute atomic E-state index is 7.27. The lowest BCUT2D eigenvalue weighted by molar-refractivity contribution is 1.20. The summed E-state index contributed by atoms with van der Waals surface area (Å²) in [6, 6.07) is 0. The fourth-order valence-corrected chi connectivity index (χ4v) is 1.37. The summed E-state index contributed by atoms with van der Waals surface area (Å²) < 4.78 is 0. The molecule has 2 aromatic heterocycles. The number of amidine groups is 1. The molecule has 0 fully saturated rings. The van der Waals surface area contributed by atoms with Gasteiger partial charge in [-0.3, -0.25) is 5.41 Å². The molecule has 5 nitrogen and oxygen atoms in total. The summed E-state index contributed by atoms with van der Waals surface area (Å²) in [4.78, 5) is 10.6. The highest BCUT2D eigenvalue weighted by molar-refractivity contribution is 6.35. The topological polar surface area (TPSA) is 91.4 Å². The summed E-state index contributed by atoms with van der Waals surface area (Å²) in [6.07, 6.45) is 2.94. The normalized spacial score (nSPS) is 10.5. The Morgan fingerprint density at radius 2 is 2.31 bits per heavy atom. The maximum Gasteiger partial charge on any atom is 0.142 e. The van der Waals surface area contributed by atoms with E-state index in [0.29, 0.717) is 21.7 Å². The molecular weight excluding hydrogens is 190 g/mol. The van der Waals surface area contributed by atoms with Gasteiger partial charge < -0.3 is 10.7 Å². The van der Waals surface area contributed by atoms with Crippen molar-refractivity contribution in [3.05, 3.63) is 23.2 Å². The van der Waals surface area contributed by atoms with Gasteiger partial charge in [0.05, 0.1) is 5.39 Å². The molecule has 0 aliphatic carbocycles. The van der Waals surface area contributed by atoms with Crippen molar-refractivity contribution in [2.45, 2.75) is 0 Å². The highest BCUT2D eigenvalue weighted by Gasteiger charge is 2.10. The van der Waals surface area contributed by atoms with Gasteiger partial charge >= 0.3 is 0 Å². The third-order valence-electron chi connectivity index (χ3n) is 1.71. The van der Waals surface area contributed by atoms with Gasteiger partial charge in [0.15, 0.2) is 0 Å². The number of halogens is 1. The van der Waals surface area contributed by atoms with Gasteiger partial charge in [-0.2, -0.15) is 0 Å². The second kappa shape index (κ2) is 2.70. The van der Waals surface area contributed by atoms with E-state index in [1.54, 1.807) is 6.20 Å². The zero-order valence-corrected chi connectivity index (χ0v) is 7.26. The molecular formula is C7H6ClN5. The molecule has 0 spiro atoms. The van der Waals surface area contributed by atoms with Gasteiger partial charge in [-0.05, 0) is 0 Å². The average molecular weight is 196 g/mol. The molecule has 0 saturated heterocycles. The third kappa shape index (κ3) is 1.13. The van der Waals surface area contributed by atoms with E-state index in [9.17, 15) is 0 Å². The van der Waals surface area contributed by atoms with Gasteiger partial charge in [0.25, 0.3) is 0 Å². The van der Waals surface area contributed by atoms with E-state index in [4.69, 9.17) is 22.7 Å². The monoisotopic (exact) mass is 195 g/mol. The number of nitrogens with zero attached hydrogens (tertiary/aromatic N) is 2. The average Bonchev–Trinajstić information content (AvgIpc) is 2.49. The van der Waals surface area contributed by atoms with E-state index in [-0.39, 0.29) is 5.84 Å². The molecule has 0 atom stereocenters. The summed E-state index contributed by atoms with van der Waals surface area (Å²) in [5.41, 5.74) is 6.46. The number of aromatic nitrogens is 3. The lowest BCUT2D eigenvalue weighted by Crippen LogP contribution is -2.10. The van der Waals surface area contributed by atoms with Crippen molar-refractivity contribution < 1.29 is 0 Å². The predicted molar refractivity (Wildman–Crippen MR) is 49.9 cm³/mol. The largest absolute Gasteiger partial charge is 0.384 e. The highest BCUT2D eigenvalue weighted by Crippen LogP contribution is 2.22. The minimum atomic E-state index is -0.0528. The van der Waals surface area contributed by atoms with E-state index in [0.717, 1.165) is 0 Å². The quantitative estimate of drug-likeness (QED) is 0.359. The number of fused-ring (bicyclic) bond motifs is 1. The van der Waals surface area contributed by atoms with Crippen LogP contribution in [0.2, 0.25) is 5.15 Å². The molecule has 0 unspecified atom stereocenters. The van der Waals surface area contributed by atoms with Gasteiger partial charge in [-0.15, -0.1) is 0 Å². The van der Waals surface area contributed by atoms with Crippen LogP contribution in [0, 0.1) is 5.41 Å². The van der Waals surface area contributed by atoms with Crippen LogP contribution >= 0.6 is 11.6 Å². The molecule has 6 heteroatoms. The number of nitrogens with one attached hydrogen (secondary N) is 2. The van der Waals surface area contributed by atoms with Crippen molar-refractivity contribution in [2.75, 3.05) is 0 Å². The lowest BCUT2D eigenvalue weighted by atomic mass is 10.2. The van der Waals surface area contributed by atoms with Crippen molar-refractivity contribution in [1.82, 2.24) is 15.0 Å². The summed E-state index contributed by atoms with van der Waals surface area (Å²) in [6.45, 7) is 0. The zero-order valence-electron chi connectivity index (χ0n) is 6.50. The molecule has 0 aliphatic rings. The minimum absolute atomic E-state index is 0.0528. The minimum Gasteiger partial charge on any atom is -0.384 e.